The van der Waals surface area contributed by atoms with Gasteiger partial charge in [0.1, 0.15) is 5.82 Å². The van der Waals surface area contributed by atoms with Crippen LogP contribution in [-0.4, -0.2) is 17.7 Å². The Morgan fingerprint density at radius 1 is 1.38 bits per heavy atom. The van der Waals surface area contributed by atoms with E-state index >= 15 is 0 Å². The molecule has 0 atom stereocenters. The fourth-order valence-electron chi connectivity index (χ4n) is 1.58. The van der Waals surface area contributed by atoms with Crippen molar-refractivity contribution in [1.82, 2.24) is 0 Å². The van der Waals surface area contributed by atoms with E-state index in [1.165, 1.54) is 6.07 Å². The molecule has 0 saturated carbocycles. The monoisotopic (exact) mass is 225 g/mol. The molecule has 0 aliphatic heterocycles. The molecule has 0 aromatic heterocycles. The fourth-order valence-corrected chi connectivity index (χ4v) is 1.58. The van der Waals surface area contributed by atoms with Crippen molar-refractivity contribution in [1.29, 1.82) is 0 Å². The summed E-state index contributed by atoms with van der Waals surface area (Å²) in [6, 6.07) is 4.89. The Morgan fingerprint density at radius 3 is 2.50 bits per heavy atom. The molecule has 0 saturated heterocycles. The van der Waals surface area contributed by atoms with Crippen molar-refractivity contribution in [2.75, 3.05) is 11.9 Å². The quantitative estimate of drug-likeness (QED) is 0.851. The minimum atomic E-state index is -0.348. The number of halogens is 1. The molecule has 0 unspecified atom stereocenters. The predicted molar refractivity (Wildman–Crippen MR) is 65.1 cm³/mol. The number of hydrogen-bond acceptors (Lipinski definition) is 2. The average Bonchev–Trinajstić information content (AvgIpc) is 2.27. The lowest BCUT2D eigenvalue weighted by Crippen LogP contribution is -2.41. The maximum Gasteiger partial charge on any atom is 0.130 e. The number of anilines is 1. The van der Waals surface area contributed by atoms with Gasteiger partial charge in [0.25, 0.3) is 0 Å². The topological polar surface area (TPSA) is 23.5 Å². The zero-order valence-electron chi connectivity index (χ0n) is 10.4. The van der Waals surface area contributed by atoms with Crippen LogP contribution in [0.4, 0.5) is 10.1 Å². The van der Waals surface area contributed by atoms with Gasteiger partial charge in [0.2, 0.25) is 0 Å². The first-order valence-corrected chi connectivity index (χ1v) is 5.56. The van der Waals surface area contributed by atoms with E-state index in [-0.39, 0.29) is 18.0 Å². The van der Waals surface area contributed by atoms with E-state index in [0.717, 1.165) is 12.1 Å². The van der Waals surface area contributed by atoms with Crippen molar-refractivity contribution < 1.29 is 9.50 Å². The Bertz CT molecular complexity index is 363. The van der Waals surface area contributed by atoms with Gasteiger partial charge in [-0.25, -0.2) is 4.39 Å². The Labute approximate surface area is 96.7 Å². The van der Waals surface area contributed by atoms with Gasteiger partial charge >= 0.3 is 0 Å². The molecule has 1 aromatic rings. The molecule has 1 aromatic carbocycles. The third-order valence-electron chi connectivity index (χ3n) is 3.39. The Balaban J connectivity index is 3.18. The van der Waals surface area contributed by atoms with Gasteiger partial charge in [-0.15, -0.1) is 0 Å². The lowest BCUT2D eigenvalue weighted by Gasteiger charge is -2.37. The van der Waals surface area contributed by atoms with Gasteiger partial charge < -0.3 is 10.0 Å². The first kappa shape index (κ1) is 13.0. The Hall–Kier alpha value is -1.09. The molecule has 2 nitrogen and oxygen atoms in total. The lowest BCUT2D eigenvalue weighted by atomic mass is 9.98. The van der Waals surface area contributed by atoms with Gasteiger partial charge in [0.15, 0.2) is 0 Å². The van der Waals surface area contributed by atoms with E-state index < -0.39 is 0 Å². The van der Waals surface area contributed by atoms with Crippen LogP contribution in [0.5, 0.6) is 0 Å². The van der Waals surface area contributed by atoms with E-state index in [0.29, 0.717) is 5.56 Å². The molecule has 0 spiro atoms. The first-order valence-electron chi connectivity index (χ1n) is 5.56. The maximum absolute atomic E-state index is 13.5. The molecule has 0 aliphatic carbocycles. The highest BCUT2D eigenvalue weighted by Gasteiger charge is 2.24. The summed E-state index contributed by atoms with van der Waals surface area (Å²) in [5.74, 6) is -0.348. The van der Waals surface area contributed by atoms with Crippen molar-refractivity contribution in [2.45, 2.75) is 39.3 Å². The second kappa shape index (κ2) is 4.83. The molecular weight excluding hydrogens is 205 g/mol. The summed E-state index contributed by atoms with van der Waals surface area (Å²) in [6.45, 7) is 6.01. The van der Waals surface area contributed by atoms with Crippen LogP contribution in [0.15, 0.2) is 18.2 Å². The van der Waals surface area contributed by atoms with Gasteiger partial charge in [-0.05, 0) is 32.4 Å². The lowest BCUT2D eigenvalue weighted by molar-refractivity contribution is 0.275. The normalized spacial score (nSPS) is 11.6. The zero-order chi connectivity index (χ0) is 12.3. The summed E-state index contributed by atoms with van der Waals surface area (Å²) in [4.78, 5) is 2.02. The molecule has 1 rings (SSSR count). The van der Waals surface area contributed by atoms with Crippen LogP contribution in [0, 0.1) is 5.82 Å². The first-order chi connectivity index (χ1) is 7.44. The second-order valence-electron chi connectivity index (χ2n) is 4.62. The third kappa shape index (κ3) is 2.35. The van der Waals surface area contributed by atoms with E-state index in [2.05, 4.69) is 20.8 Å². The average molecular weight is 225 g/mol. The molecule has 0 heterocycles. The van der Waals surface area contributed by atoms with E-state index in [9.17, 15) is 9.50 Å². The maximum atomic E-state index is 13.5. The molecular formula is C13H20FNO. The third-order valence-corrected chi connectivity index (χ3v) is 3.39. The SMILES string of the molecule is CCC(C)(C)N(C)c1cccc(F)c1CO. The molecule has 16 heavy (non-hydrogen) atoms. The molecule has 0 amide bonds. The minimum absolute atomic E-state index is 0.0578. The van der Waals surface area contributed by atoms with E-state index in [1.54, 1.807) is 6.07 Å². The summed E-state index contributed by atoms with van der Waals surface area (Å²) in [5, 5.41) is 9.22. The molecule has 90 valence electrons. The van der Waals surface area contributed by atoms with Crippen LogP contribution in [-0.2, 0) is 6.61 Å². The highest BCUT2D eigenvalue weighted by atomic mass is 19.1. The van der Waals surface area contributed by atoms with Crippen LogP contribution >= 0.6 is 0 Å². The number of nitrogens with zero attached hydrogens (tertiary/aromatic N) is 1. The standard InChI is InChI=1S/C13H20FNO/c1-5-13(2,3)15(4)12-8-6-7-11(14)10(12)9-16/h6-8,16H,5,9H2,1-4H3. The summed E-state index contributed by atoms with van der Waals surface area (Å²) >= 11 is 0. The van der Waals surface area contributed by atoms with Gasteiger partial charge in [-0.2, -0.15) is 0 Å². The summed E-state index contributed by atoms with van der Waals surface area (Å²) in [7, 11) is 1.93. The van der Waals surface area contributed by atoms with Crippen molar-refractivity contribution in [2.24, 2.45) is 0 Å². The van der Waals surface area contributed by atoms with Crippen LogP contribution in [0.1, 0.15) is 32.8 Å². The van der Waals surface area contributed by atoms with Gasteiger partial charge in [0, 0.05) is 23.8 Å². The van der Waals surface area contributed by atoms with Gasteiger partial charge in [0.05, 0.1) is 6.61 Å². The van der Waals surface area contributed by atoms with Crippen molar-refractivity contribution >= 4 is 5.69 Å². The van der Waals surface area contributed by atoms with Crippen LogP contribution in [0.25, 0.3) is 0 Å². The predicted octanol–water partition coefficient (Wildman–Crippen LogP) is 2.94. The van der Waals surface area contributed by atoms with Crippen molar-refractivity contribution in [3.8, 4) is 0 Å². The highest BCUT2D eigenvalue weighted by molar-refractivity contribution is 5.55. The van der Waals surface area contributed by atoms with Crippen LogP contribution in [0.2, 0.25) is 0 Å². The zero-order valence-corrected chi connectivity index (χ0v) is 10.4. The number of aliphatic hydroxyl groups is 1. The second-order valence-corrected chi connectivity index (χ2v) is 4.62. The molecule has 1 N–H and O–H groups in total. The Morgan fingerprint density at radius 2 is 2.00 bits per heavy atom. The number of hydrogen-bond donors (Lipinski definition) is 1. The summed E-state index contributed by atoms with van der Waals surface area (Å²) in [5.41, 5.74) is 1.07. The van der Waals surface area contributed by atoms with Crippen LogP contribution in [0.3, 0.4) is 0 Å². The highest BCUT2D eigenvalue weighted by Crippen LogP contribution is 2.29. The van der Waals surface area contributed by atoms with Gasteiger partial charge in [-0.1, -0.05) is 13.0 Å². The van der Waals surface area contributed by atoms with Crippen molar-refractivity contribution in [3.05, 3.63) is 29.6 Å². The minimum Gasteiger partial charge on any atom is -0.391 e. The Kier molecular flexibility index (Phi) is 3.92. The van der Waals surface area contributed by atoms with Crippen molar-refractivity contribution in [3.63, 3.8) is 0 Å². The van der Waals surface area contributed by atoms with E-state index in [4.69, 9.17) is 0 Å². The van der Waals surface area contributed by atoms with Crippen LogP contribution < -0.4 is 4.90 Å². The smallest absolute Gasteiger partial charge is 0.130 e. The summed E-state index contributed by atoms with van der Waals surface area (Å²) in [6.07, 6.45) is 0.949. The molecule has 0 fully saturated rings. The van der Waals surface area contributed by atoms with Gasteiger partial charge in [-0.3, -0.25) is 0 Å². The number of benzene rings is 1. The largest absolute Gasteiger partial charge is 0.391 e. The summed E-state index contributed by atoms with van der Waals surface area (Å²) < 4.78 is 13.5. The molecule has 0 bridgehead atoms. The fraction of sp³-hybridized carbons (Fsp3) is 0.538. The number of aliphatic hydroxyl groups excluding tert-OH is 1. The number of rotatable bonds is 4. The van der Waals surface area contributed by atoms with E-state index in [1.807, 2.05) is 18.0 Å². The molecule has 3 heteroatoms. The molecule has 0 aliphatic rings. The molecule has 0 radical (unpaired) electrons.